The van der Waals surface area contributed by atoms with Crippen LogP contribution in [0.15, 0.2) is 47.4 Å². The van der Waals surface area contributed by atoms with Crippen molar-refractivity contribution in [3.63, 3.8) is 0 Å². The Labute approximate surface area is 164 Å². The third-order valence-corrected chi connectivity index (χ3v) is 6.52. The molecule has 1 amide bonds. The lowest BCUT2D eigenvalue weighted by Gasteiger charge is -2.18. The van der Waals surface area contributed by atoms with Crippen molar-refractivity contribution < 1.29 is 17.9 Å². The molecule has 0 unspecified atom stereocenters. The van der Waals surface area contributed by atoms with Crippen LogP contribution in [-0.4, -0.2) is 38.8 Å². The van der Waals surface area contributed by atoms with E-state index in [1.54, 1.807) is 24.3 Å². The average Bonchev–Trinajstić information content (AvgIpc) is 3.25. The number of carbonyl (C=O) groups excluding carboxylic acids is 1. The highest BCUT2D eigenvalue weighted by Crippen LogP contribution is 2.30. The van der Waals surface area contributed by atoms with Crippen LogP contribution in [0.3, 0.4) is 0 Å². The molecule has 0 saturated carbocycles. The van der Waals surface area contributed by atoms with E-state index < -0.39 is 15.9 Å². The summed E-state index contributed by atoms with van der Waals surface area (Å²) < 4.78 is 32.5. The van der Waals surface area contributed by atoms with E-state index >= 15 is 0 Å². The normalized spacial score (nSPS) is 14.4. The van der Waals surface area contributed by atoms with Crippen molar-refractivity contribution in [2.75, 3.05) is 25.5 Å². The maximum Gasteiger partial charge on any atom is 0.255 e. The summed E-state index contributed by atoms with van der Waals surface area (Å²) in [5.74, 6) is -0.210. The third-order valence-electron chi connectivity index (χ3n) is 4.60. The Bertz CT molecular complexity index is 1000. The van der Waals surface area contributed by atoms with Crippen molar-refractivity contribution in [3.8, 4) is 11.8 Å². The number of benzene rings is 2. The number of rotatable bonds is 6. The molecular formula is C20H21N3O4S. The second-order valence-electron chi connectivity index (χ2n) is 6.46. The molecule has 1 aliphatic rings. The van der Waals surface area contributed by atoms with Crippen LogP contribution in [-0.2, 0) is 16.4 Å². The number of ether oxygens (including phenoxy) is 1. The van der Waals surface area contributed by atoms with Crippen LogP contribution in [0.5, 0.6) is 5.75 Å². The highest BCUT2D eigenvalue weighted by atomic mass is 32.2. The molecule has 28 heavy (non-hydrogen) atoms. The van der Waals surface area contributed by atoms with Crippen LogP contribution in [0.1, 0.15) is 28.8 Å². The summed E-state index contributed by atoms with van der Waals surface area (Å²) in [6.07, 6.45) is 1.94. The SMILES string of the molecule is COc1ccc(C(=O)Nc2ccc(CC#N)cc2)cc1S(=O)(=O)N1CCCC1. The van der Waals surface area contributed by atoms with Crippen molar-refractivity contribution in [3.05, 3.63) is 53.6 Å². The lowest BCUT2D eigenvalue weighted by atomic mass is 10.1. The highest BCUT2D eigenvalue weighted by Gasteiger charge is 2.30. The minimum absolute atomic E-state index is 0.00563. The molecule has 2 aromatic rings. The number of nitrogens with one attached hydrogen (secondary N) is 1. The van der Waals surface area contributed by atoms with Gasteiger partial charge in [-0.25, -0.2) is 8.42 Å². The second-order valence-corrected chi connectivity index (χ2v) is 8.37. The maximum atomic E-state index is 12.9. The number of hydrogen-bond donors (Lipinski definition) is 1. The van der Waals surface area contributed by atoms with Gasteiger partial charge in [0.15, 0.2) is 0 Å². The predicted molar refractivity (Wildman–Crippen MR) is 105 cm³/mol. The van der Waals surface area contributed by atoms with Gasteiger partial charge in [-0.15, -0.1) is 0 Å². The monoisotopic (exact) mass is 399 g/mol. The Morgan fingerprint density at radius 2 is 1.86 bits per heavy atom. The van der Waals surface area contributed by atoms with Crippen LogP contribution in [0.4, 0.5) is 5.69 Å². The van der Waals surface area contributed by atoms with E-state index in [-0.39, 0.29) is 16.2 Å². The Kier molecular flexibility index (Phi) is 5.97. The molecule has 2 aromatic carbocycles. The van der Waals surface area contributed by atoms with Crippen LogP contribution in [0, 0.1) is 11.3 Å². The molecule has 0 radical (unpaired) electrons. The standard InChI is InChI=1S/C20H21N3O4S/c1-27-18-9-6-16(14-19(18)28(25,26)23-12-2-3-13-23)20(24)22-17-7-4-15(5-8-17)10-11-21/h4-9,14H,2-3,10,12-13H2,1H3,(H,22,24). The second kappa shape index (κ2) is 8.42. The molecule has 146 valence electrons. The first kappa shape index (κ1) is 19.9. The minimum atomic E-state index is -3.72. The molecule has 1 N–H and O–H groups in total. The van der Waals surface area contributed by atoms with Gasteiger partial charge in [0.05, 0.1) is 19.6 Å². The lowest BCUT2D eigenvalue weighted by Crippen LogP contribution is -2.28. The zero-order valence-corrected chi connectivity index (χ0v) is 16.3. The van der Waals surface area contributed by atoms with Gasteiger partial charge in [0.1, 0.15) is 10.6 Å². The maximum absolute atomic E-state index is 12.9. The van der Waals surface area contributed by atoms with Crippen LogP contribution in [0.25, 0.3) is 0 Å². The molecule has 1 heterocycles. The van der Waals surface area contributed by atoms with Gasteiger partial charge in [-0.05, 0) is 48.7 Å². The quantitative estimate of drug-likeness (QED) is 0.805. The van der Waals surface area contributed by atoms with Gasteiger partial charge >= 0.3 is 0 Å². The molecular weight excluding hydrogens is 378 g/mol. The summed E-state index contributed by atoms with van der Waals surface area (Å²) in [6, 6.07) is 13.4. The average molecular weight is 399 g/mol. The van der Waals surface area contributed by atoms with E-state index in [0.29, 0.717) is 25.2 Å². The largest absolute Gasteiger partial charge is 0.495 e. The van der Waals surface area contributed by atoms with E-state index in [0.717, 1.165) is 18.4 Å². The summed E-state index contributed by atoms with van der Waals surface area (Å²) in [5.41, 5.74) is 1.63. The summed E-state index contributed by atoms with van der Waals surface area (Å²) in [6.45, 7) is 0.938. The summed E-state index contributed by atoms with van der Waals surface area (Å²) in [5, 5.41) is 11.5. The zero-order valence-electron chi connectivity index (χ0n) is 15.5. The third kappa shape index (κ3) is 4.16. The first-order valence-electron chi connectivity index (χ1n) is 8.91. The molecule has 0 aromatic heterocycles. The van der Waals surface area contributed by atoms with Crippen molar-refractivity contribution in [1.82, 2.24) is 4.31 Å². The molecule has 0 atom stereocenters. The summed E-state index contributed by atoms with van der Waals surface area (Å²) >= 11 is 0. The van der Waals surface area contributed by atoms with Crippen molar-refractivity contribution >= 4 is 21.6 Å². The fourth-order valence-electron chi connectivity index (χ4n) is 3.09. The van der Waals surface area contributed by atoms with Gasteiger partial charge in [-0.1, -0.05) is 12.1 Å². The van der Waals surface area contributed by atoms with E-state index in [1.165, 1.54) is 29.6 Å². The Hall–Kier alpha value is -2.89. The van der Waals surface area contributed by atoms with Gasteiger partial charge in [-0.3, -0.25) is 4.79 Å². The fourth-order valence-corrected chi connectivity index (χ4v) is 4.79. The van der Waals surface area contributed by atoms with Gasteiger partial charge in [0.2, 0.25) is 10.0 Å². The van der Waals surface area contributed by atoms with Gasteiger partial charge in [0, 0.05) is 24.3 Å². The number of methoxy groups -OCH3 is 1. The van der Waals surface area contributed by atoms with Crippen molar-refractivity contribution in [1.29, 1.82) is 5.26 Å². The molecule has 1 saturated heterocycles. The molecule has 1 fully saturated rings. The van der Waals surface area contributed by atoms with E-state index in [1.807, 2.05) is 0 Å². The van der Waals surface area contributed by atoms with E-state index in [4.69, 9.17) is 10.00 Å². The molecule has 8 heteroatoms. The van der Waals surface area contributed by atoms with Crippen LogP contribution in [0.2, 0.25) is 0 Å². The van der Waals surface area contributed by atoms with Crippen molar-refractivity contribution in [2.24, 2.45) is 0 Å². The first-order valence-corrected chi connectivity index (χ1v) is 10.3. The van der Waals surface area contributed by atoms with E-state index in [2.05, 4.69) is 11.4 Å². The zero-order chi connectivity index (χ0) is 20.1. The number of anilines is 1. The number of sulfonamides is 1. The smallest absolute Gasteiger partial charge is 0.255 e. The Morgan fingerprint density at radius 1 is 1.18 bits per heavy atom. The van der Waals surface area contributed by atoms with Crippen LogP contribution < -0.4 is 10.1 Å². The number of nitrogens with zero attached hydrogens (tertiary/aromatic N) is 2. The summed E-state index contributed by atoms with van der Waals surface area (Å²) in [7, 11) is -2.32. The van der Waals surface area contributed by atoms with Gasteiger partial charge in [-0.2, -0.15) is 9.57 Å². The molecule has 1 aliphatic heterocycles. The molecule has 0 bridgehead atoms. The Balaban J connectivity index is 1.86. The molecule has 0 aliphatic carbocycles. The van der Waals surface area contributed by atoms with Gasteiger partial charge < -0.3 is 10.1 Å². The van der Waals surface area contributed by atoms with Crippen LogP contribution >= 0.6 is 0 Å². The van der Waals surface area contributed by atoms with E-state index in [9.17, 15) is 13.2 Å². The Morgan fingerprint density at radius 3 is 2.46 bits per heavy atom. The molecule has 0 spiro atoms. The topological polar surface area (TPSA) is 99.5 Å². The minimum Gasteiger partial charge on any atom is -0.495 e. The predicted octanol–water partition coefficient (Wildman–Crippen LogP) is 2.80. The van der Waals surface area contributed by atoms with Crippen molar-refractivity contribution in [2.45, 2.75) is 24.2 Å². The summed E-state index contributed by atoms with van der Waals surface area (Å²) in [4.78, 5) is 12.6. The number of carbonyl (C=O) groups is 1. The highest BCUT2D eigenvalue weighted by molar-refractivity contribution is 7.89. The number of amides is 1. The first-order chi connectivity index (χ1) is 13.5. The lowest BCUT2D eigenvalue weighted by molar-refractivity contribution is 0.102. The number of nitriles is 1. The molecule has 3 rings (SSSR count). The fraction of sp³-hybridized carbons (Fsp3) is 0.300. The van der Waals surface area contributed by atoms with Gasteiger partial charge in [0.25, 0.3) is 5.91 Å². The molecule has 7 nitrogen and oxygen atoms in total. The number of hydrogen-bond acceptors (Lipinski definition) is 5.